The summed E-state index contributed by atoms with van der Waals surface area (Å²) in [6, 6.07) is 5.65. The van der Waals surface area contributed by atoms with Crippen molar-refractivity contribution >= 4 is 50.5 Å². The van der Waals surface area contributed by atoms with Crippen molar-refractivity contribution in [3.05, 3.63) is 77.8 Å². The molecule has 2 N–H and O–H groups in total. The van der Waals surface area contributed by atoms with Gasteiger partial charge in [0.1, 0.15) is 0 Å². The molecule has 0 aliphatic carbocycles. The van der Waals surface area contributed by atoms with Crippen LogP contribution in [-0.4, -0.2) is 21.7 Å². The Morgan fingerprint density at radius 3 is 2.09 bits per heavy atom. The van der Waals surface area contributed by atoms with E-state index < -0.39 is 15.3 Å². The minimum Gasteiger partial charge on any atom is -0.325 e. The van der Waals surface area contributed by atoms with Gasteiger partial charge in [0.25, 0.3) is 17.3 Å². The molecule has 174 valence electrons. The van der Waals surface area contributed by atoms with Gasteiger partial charge < -0.3 is 10.6 Å². The molecule has 0 saturated carbocycles. The maximum atomic E-state index is 11.7. The second-order valence-corrected chi connectivity index (χ2v) is 8.93. The lowest BCUT2D eigenvalue weighted by molar-refractivity contribution is -0.385. The van der Waals surface area contributed by atoms with Crippen LogP contribution in [0.5, 0.6) is 0 Å². The lowest BCUT2D eigenvalue weighted by atomic mass is 9.83. The number of nitro benzene ring substituents is 2. The predicted molar refractivity (Wildman–Crippen MR) is 128 cm³/mol. The molecule has 0 fully saturated rings. The van der Waals surface area contributed by atoms with E-state index in [0.717, 1.165) is 11.1 Å². The van der Waals surface area contributed by atoms with Crippen LogP contribution in [0.2, 0.25) is 0 Å². The third kappa shape index (κ3) is 5.43. The molecule has 11 heteroatoms. The lowest BCUT2D eigenvalue weighted by Gasteiger charge is -2.17. The molecular weight excluding hydrogens is 496 g/mol. The van der Waals surface area contributed by atoms with E-state index in [9.17, 15) is 29.8 Å². The van der Waals surface area contributed by atoms with Crippen LogP contribution < -0.4 is 10.6 Å². The summed E-state index contributed by atoms with van der Waals surface area (Å²) in [5, 5.41) is 26.6. The number of rotatable bonds is 4. The van der Waals surface area contributed by atoms with Crippen LogP contribution in [0, 0.1) is 34.1 Å². The summed E-state index contributed by atoms with van der Waals surface area (Å²) in [6.45, 7) is 12.2. The number of halogens is 1. The van der Waals surface area contributed by atoms with Gasteiger partial charge in [0.2, 0.25) is 5.91 Å². The van der Waals surface area contributed by atoms with Gasteiger partial charge in [-0.2, -0.15) is 0 Å². The first-order valence-corrected chi connectivity index (χ1v) is 10.5. The number of carbonyl (C=O) groups is 2. The van der Waals surface area contributed by atoms with Crippen LogP contribution in [0.1, 0.15) is 37.5 Å². The number of anilines is 2. The van der Waals surface area contributed by atoms with E-state index >= 15 is 0 Å². The molecule has 2 aromatic carbocycles. The molecule has 10 nitrogen and oxygen atoms in total. The first-order chi connectivity index (χ1) is 15.2. The van der Waals surface area contributed by atoms with Crippen molar-refractivity contribution in [1.29, 1.82) is 0 Å². The van der Waals surface area contributed by atoms with Crippen LogP contribution in [-0.2, 0) is 15.0 Å². The van der Waals surface area contributed by atoms with Crippen LogP contribution in [0.3, 0.4) is 0 Å². The van der Waals surface area contributed by atoms with Crippen molar-refractivity contribution < 1.29 is 19.4 Å². The van der Waals surface area contributed by atoms with Gasteiger partial charge in [-0.05, 0) is 67.2 Å². The van der Waals surface area contributed by atoms with Gasteiger partial charge in [-0.15, -0.1) is 0 Å². The van der Waals surface area contributed by atoms with Crippen molar-refractivity contribution in [2.45, 2.75) is 40.0 Å². The molecule has 33 heavy (non-hydrogen) atoms. The highest BCUT2D eigenvalue weighted by Crippen LogP contribution is 2.41. The third-order valence-electron chi connectivity index (χ3n) is 5.06. The molecule has 0 radical (unpaired) electrons. The van der Waals surface area contributed by atoms with Gasteiger partial charge in [0.05, 0.1) is 26.6 Å². The Morgan fingerprint density at radius 1 is 1.06 bits per heavy atom. The predicted octanol–water partition coefficient (Wildman–Crippen LogP) is 5.31. The first-order valence-electron chi connectivity index (χ1n) is 9.69. The fourth-order valence-electron chi connectivity index (χ4n) is 3.37. The van der Waals surface area contributed by atoms with Crippen LogP contribution in [0.15, 0.2) is 40.9 Å². The molecule has 2 aromatic rings. The number of non-ortho nitro benzene ring substituents is 2. The van der Waals surface area contributed by atoms with Gasteiger partial charge in [0, 0.05) is 34.3 Å². The summed E-state index contributed by atoms with van der Waals surface area (Å²) in [5.41, 5.74) is 2.88. The fraction of sp³-hybridized carbons (Fsp3) is 0.273. The van der Waals surface area contributed by atoms with E-state index in [1.54, 1.807) is 20.8 Å². The smallest absolute Gasteiger partial charge is 0.271 e. The zero-order chi connectivity index (χ0) is 25.2. The molecule has 3 rings (SSSR count). The number of fused-ring (bicyclic) bond motifs is 1. The summed E-state index contributed by atoms with van der Waals surface area (Å²) < 4.78 is 0.623. The first kappa shape index (κ1) is 25.7. The van der Waals surface area contributed by atoms with E-state index in [2.05, 4.69) is 33.1 Å². The van der Waals surface area contributed by atoms with E-state index in [1.807, 2.05) is 13.8 Å². The molecule has 0 spiro atoms. The summed E-state index contributed by atoms with van der Waals surface area (Å²) in [6.07, 6.45) is 0. The Balaban J connectivity index is 0.000000234. The Hall–Kier alpha value is -3.60. The third-order valence-corrected chi connectivity index (χ3v) is 6.11. The molecule has 0 aromatic heterocycles. The zero-order valence-corrected chi connectivity index (χ0v) is 20.3. The van der Waals surface area contributed by atoms with Crippen molar-refractivity contribution in [1.82, 2.24) is 0 Å². The topological polar surface area (TPSA) is 144 Å². The Labute approximate surface area is 198 Å². The standard InChI is InChI=1S/C11H11BrN2O3.C11H12N2O3/c1-6(2)11(15)13-9-5-8(14(16)17)4-7(3)10(9)12;1-6-4-7(13(15)16)5-8-9(6)11(2,3)10(14)12-8/h4-5H,1H2,2-3H3,(H,13,15);4-5H,1-3H3,(H,12,14). The van der Waals surface area contributed by atoms with Gasteiger partial charge in [-0.3, -0.25) is 29.8 Å². The molecule has 1 aliphatic rings. The molecule has 1 heterocycles. The molecule has 1 aliphatic heterocycles. The molecule has 0 atom stereocenters. The number of carbonyl (C=O) groups excluding carboxylic acids is 2. The van der Waals surface area contributed by atoms with Gasteiger partial charge in [-0.1, -0.05) is 6.58 Å². The largest absolute Gasteiger partial charge is 0.325 e. The minimum atomic E-state index is -0.617. The van der Waals surface area contributed by atoms with E-state index in [1.165, 1.54) is 24.3 Å². The summed E-state index contributed by atoms with van der Waals surface area (Å²) in [5.74, 6) is -0.489. The van der Waals surface area contributed by atoms with Crippen LogP contribution in [0.25, 0.3) is 0 Å². The molecular formula is C22H23BrN4O6. The zero-order valence-electron chi connectivity index (χ0n) is 18.7. The SMILES string of the molecule is C=C(C)C(=O)Nc1cc([N+](=O)[O-])cc(C)c1Br.Cc1cc([N+](=O)[O-])cc2c1C(C)(C)C(=O)N2. The fourth-order valence-corrected chi connectivity index (χ4v) is 3.70. The molecule has 0 bridgehead atoms. The van der Waals surface area contributed by atoms with E-state index in [-0.39, 0.29) is 23.2 Å². The second kappa shape index (κ2) is 9.49. The number of nitrogens with one attached hydrogen (secondary N) is 2. The monoisotopic (exact) mass is 518 g/mol. The number of benzene rings is 2. The molecule has 0 unspecified atom stereocenters. The van der Waals surface area contributed by atoms with Crippen molar-refractivity contribution in [3.8, 4) is 0 Å². The minimum absolute atomic E-state index is 0.00856. The van der Waals surface area contributed by atoms with E-state index in [4.69, 9.17) is 0 Å². The maximum absolute atomic E-state index is 11.7. The Morgan fingerprint density at radius 2 is 1.58 bits per heavy atom. The van der Waals surface area contributed by atoms with Crippen LogP contribution >= 0.6 is 15.9 Å². The van der Waals surface area contributed by atoms with Crippen molar-refractivity contribution in [2.75, 3.05) is 10.6 Å². The van der Waals surface area contributed by atoms with Crippen molar-refractivity contribution in [2.24, 2.45) is 0 Å². The molecule has 0 saturated heterocycles. The van der Waals surface area contributed by atoms with Gasteiger partial charge >= 0.3 is 0 Å². The highest BCUT2D eigenvalue weighted by molar-refractivity contribution is 9.10. The number of aryl methyl sites for hydroxylation is 2. The normalized spacial score (nSPS) is 13.2. The lowest BCUT2D eigenvalue weighted by Crippen LogP contribution is -2.27. The number of hydrogen-bond acceptors (Lipinski definition) is 6. The summed E-state index contributed by atoms with van der Waals surface area (Å²) in [4.78, 5) is 43.6. The highest BCUT2D eigenvalue weighted by Gasteiger charge is 2.40. The Kier molecular flexibility index (Phi) is 7.38. The van der Waals surface area contributed by atoms with Gasteiger partial charge in [-0.25, -0.2) is 0 Å². The summed E-state index contributed by atoms with van der Waals surface area (Å²) >= 11 is 3.27. The highest BCUT2D eigenvalue weighted by atomic mass is 79.9. The summed E-state index contributed by atoms with van der Waals surface area (Å²) in [7, 11) is 0. The number of amides is 2. The average molecular weight is 519 g/mol. The number of nitro groups is 2. The Bertz CT molecular complexity index is 1210. The van der Waals surface area contributed by atoms with Crippen LogP contribution in [0.4, 0.5) is 22.7 Å². The van der Waals surface area contributed by atoms with Gasteiger partial charge in [0.15, 0.2) is 0 Å². The van der Waals surface area contributed by atoms with E-state index in [0.29, 0.717) is 27.0 Å². The molecule has 2 amide bonds. The number of nitrogens with zero attached hydrogens (tertiary/aromatic N) is 2. The quantitative estimate of drug-likeness (QED) is 0.318. The number of hydrogen-bond donors (Lipinski definition) is 2. The second-order valence-electron chi connectivity index (χ2n) is 8.14. The van der Waals surface area contributed by atoms with Crippen molar-refractivity contribution in [3.63, 3.8) is 0 Å². The maximum Gasteiger partial charge on any atom is 0.271 e. The average Bonchev–Trinajstić information content (AvgIpc) is 2.94.